The molecular weight excluding hydrogens is 258 g/mol. The van der Waals surface area contributed by atoms with Crippen LogP contribution in [0.15, 0.2) is 0 Å². The second kappa shape index (κ2) is 1.98. The molecule has 11 heteroatoms. The van der Waals surface area contributed by atoms with Crippen LogP contribution >= 0.6 is 20.9 Å². The molecule has 0 amide bonds. The summed E-state index contributed by atoms with van der Waals surface area (Å²) in [6.07, 6.45) is 0. The van der Waals surface area contributed by atoms with E-state index in [1.807, 2.05) is 0 Å². The average molecular weight is 259 g/mol. The highest BCUT2D eigenvalue weighted by Gasteiger charge is 2.76. The summed E-state index contributed by atoms with van der Waals surface area (Å²) in [5.41, 5.74) is 0. The van der Waals surface area contributed by atoms with Crippen molar-refractivity contribution in [2.75, 3.05) is 0 Å². The van der Waals surface area contributed by atoms with Gasteiger partial charge in [-0.3, -0.25) is 0 Å². The maximum atomic E-state index is 11.6. The number of rotatable bonds is 2. The van der Waals surface area contributed by atoms with Crippen LogP contribution in [-0.2, 0) is 9.05 Å². The topological polar surface area (TPSA) is 34.1 Å². The van der Waals surface area contributed by atoms with Crippen molar-refractivity contribution < 1.29 is 32.2 Å². The fourth-order valence-electron chi connectivity index (χ4n) is 0.217. The van der Waals surface area contributed by atoms with Gasteiger partial charge in [-0.1, -0.05) is 19.4 Å². The molecule has 0 radical (unpaired) electrons. The van der Waals surface area contributed by atoms with Gasteiger partial charge in [0, 0.05) is 10.7 Å². The van der Waals surface area contributed by atoms with E-state index in [-0.39, 0.29) is 0 Å². The van der Waals surface area contributed by atoms with Gasteiger partial charge in [-0.05, 0) is 0 Å². The quantitative estimate of drug-likeness (QED) is 0.563. The predicted octanol–water partition coefficient (Wildman–Crippen LogP) is 3.11. The zero-order chi connectivity index (χ0) is 10.5. The van der Waals surface area contributed by atoms with E-state index >= 15 is 0 Å². The Balaban J connectivity index is 5.42. The Morgan fingerprint density at radius 1 is 1.08 bits per heavy atom. The smallest absolute Gasteiger partial charge is 0.208 e. The summed E-state index contributed by atoms with van der Waals surface area (Å²) in [4.78, 5) is -5.32. The van der Waals surface area contributed by atoms with Crippen LogP contribution in [0.2, 0.25) is 0 Å². The number of alkyl halides is 1. The van der Waals surface area contributed by atoms with Gasteiger partial charge in [0.1, 0.15) is 0 Å². The summed E-state index contributed by atoms with van der Waals surface area (Å²) in [6, 6.07) is 0. The average Bonchev–Trinajstić information content (AvgIpc) is 1.54. The molecule has 0 bridgehead atoms. The maximum Gasteiger partial charge on any atom is 0.349 e. The van der Waals surface area contributed by atoms with Crippen LogP contribution < -0.4 is 0 Å². The van der Waals surface area contributed by atoms with Gasteiger partial charge in [0.15, 0.2) is 0 Å². The van der Waals surface area contributed by atoms with E-state index < -0.39 is 24.1 Å². The van der Waals surface area contributed by atoms with Crippen molar-refractivity contribution >= 4 is 30.0 Å². The van der Waals surface area contributed by atoms with E-state index in [1.165, 1.54) is 0 Å². The van der Waals surface area contributed by atoms with Gasteiger partial charge in [0.25, 0.3) is 9.05 Å². The molecular formula is CHClF6O2S2. The Bertz CT molecular complexity index is 286. The van der Waals surface area contributed by atoms with Crippen LogP contribution in [0.4, 0.5) is 23.8 Å². The lowest BCUT2D eigenvalue weighted by molar-refractivity contribution is 0.311. The third kappa shape index (κ3) is 3.27. The normalized spacial score (nSPS) is 22.6. The van der Waals surface area contributed by atoms with Crippen molar-refractivity contribution in [2.45, 2.75) is 4.84 Å². The highest BCUT2D eigenvalue weighted by Crippen LogP contribution is 3.01. The molecule has 1 atom stereocenters. The van der Waals surface area contributed by atoms with Gasteiger partial charge in [0.2, 0.25) is 0 Å². The molecule has 78 valence electrons. The van der Waals surface area contributed by atoms with Crippen molar-refractivity contribution in [1.29, 1.82) is 0 Å². The van der Waals surface area contributed by atoms with Crippen molar-refractivity contribution in [1.82, 2.24) is 0 Å². The molecule has 0 spiro atoms. The van der Waals surface area contributed by atoms with Gasteiger partial charge in [-0.15, -0.1) is 0 Å². The van der Waals surface area contributed by atoms with E-state index in [0.29, 0.717) is 0 Å². The minimum atomic E-state index is -10.7. The molecule has 0 aromatic heterocycles. The largest absolute Gasteiger partial charge is 0.349 e. The predicted molar refractivity (Wildman–Crippen MR) is 32.8 cm³/mol. The Labute approximate surface area is 67.6 Å². The lowest BCUT2D eigenvalue weighted by atomic mass is 11.8. The SMILES string of the molecule is O=S(=O)(Cl)C(F)S(F)(F)(F)(F)F. The van der Waals surface area contributed by atoms with Crippen molar-refractivity contribution in [3.63, 3.8) is 0 Å². The van der Waals surface area contributed by atoms with Gasteiger partial charge < -0.3 is 0 Å². The molecule has 0 aliphatic carbocycles. The first-order chi connectivity index (χ1) is 4.64. The van der Waals surface area contributed by atoms with Crippen LogP contribution in [0, 0.1) is 0 Å². The minimum Gasteiger partial charge on any atom is -0.208 e. The van der Waals surface area contributed by atoms with Gasteiger partial charge >= 0.3 is 15.1 Å². The molecule has 0 saturated heterocycles. The maximum absolute atomic E-state index is 11.6. The lowest BCUT2D eigenvalue weighted by Gasteiger charge is -2.40. The second-order valence-electron chi connectivity index (χ2n) is 1.78. The summed E-state index contributed by atoms with van der Waals surface area (Å²) in [6.45, 7) is 0. The molecule has 0 rings (SSSR count). The van der Waals surface area contributed by atoms with E-state index in [4.69, 9.17) is 0 Å². The molecule has 0 aliphatic heterocycles. The van der Waals surface area contributed by atoms with Crippen LogP contribution in [0.25, 0.3) is 0 Å². The first kappa shape index (κ1) is 12.2. The molecule has 12 heavy (non-hydrogen) atoms. The molecule has 0 heterocycles. The van der Waals surface area contributed by atoms with E-state index in [2.05, 4.69) is 10.7 Å². The summed E-state index contributed by atoms with van der Waals surface area (Å²) >= 11 is 0. The van der Waals surface area contributed by atoms with Crippen LogP contribution in [0.5, 0.6) is 0 Å². The van der Waals surface area contributed by atoms with Gasteiger partial charge in [-0.25, -0.2) is 12.8 Å². The highest BCUT2D eigenvalue weighted by molar-refractivity contribution is 8.51. The third-order valence-corrected chi connectivity index (χ3v) is 4.35. The van der Waals surface area contributed by atoms with Crippen LogP contribution in [0.3, 0.4) is 0 Å². The van der Waals surface area contributed by atoms with Gasteiger partial charge in [-0.2, -0.15) is 0 Å². The molecule has 0 aromatic rings. The Kier molecular flexibility index (Phi) is 2.01. The zero-order valence-corrected chi connectivity index (χ0v) is 7.25. The van der Waals surface area contributed by atoms with Crippen molar-refractivity contribution in [3.05, 3.63) is 0 Å². The zero-order valence-electron chi connectivity index (χ0n) is 4.86. The fourth-order valence-corrected chi connectivity index (χ4v) is 3.19. The molecule has 0 saturated carbocycles. The second-order valence-corrected chi connectivity index (χ2v) is 7.20. The van der Waals surface area contributed by atoms with Crippen LogP contribution in [-0.4, -0.2) is 13.3 Å². The van der Waals surface area contributed by atoms with Crippen LogP contribution in [0.1, 0.15) is 0 Å². The first-order valence-electron chi connectivity index (χ1n) is 1.95. The molecule has 0 aliphatic rings. The Morgan fingerprint density at radius 3 is 1.33 bits per heavy atom. The minimum absolute atomic E-state index is 3.77. The Morgan fingerprint density at radius 2 is 1.33 bits per heavy atom. The fraction of sp³-hybridized carbons (Fsp3) is 1.00. The van der Waals surface area contributed by atoms with Crippen molar-refractivity contribution in [3.8, 4) is 0 Å². The van der Waals surface area contributed by atoms with E-state index in [0.717, 1.165) is 0 Å². The molecule has 0 N–H and O–H groups in total. The van der Waals surface area contributed by atoms with Crippen molar-refractivity contribution in [2.24, 2.45) is 0 Å². The number of halogens is 7. The molecule has 0 aromatic carbocycles. The highest BCUT2D eigenvalue weighted by atomic mass is 35.7. The third-order valence-electron chi connectivity index (χ3n) is 0.572. The monoisotopic (exact) mass is 258 g/mol. The standard InChI is InChI=1S/CHClF6O2S2/c2-11(9,10)1(3)12(4,5,6,7)8/h1H. The number of hydrogen-bond donors (Lipinski definition) is 0. The van der Waals surface area contributed by atoms with E-state index in [1.54, 1.807) is 0 Å². The molecule has 2 nitrogen and oxygen atoms in total. The summed E-state index contributed by atoms with van der Waals surface area (Å²) in [5.74, 6) is 0. The summed E-state index contributed by atoms with van der Waals surface area (Å²) in [7, 11) is -12.9. The lowest BCUT2D eigenvalue weighted by Crippen LogP contribution is -2.26. The number of hydrogen-bond acceptors (Lipinski definition) is 2. The molecule has 1 unspecified atom stereocenters. The Hall–Kier alpha value is 0.170. The molecule has 0 fully saturated rings. The van der Waals surface area contributed by atoms with E-state index in [9.17, 15) is 32.2 Å². The summed E-state index contributed by atoms with van der Waals surface area (Å²) < 4.78 is 87.2. The summed E-state index contributed by atoms with van der Waals surface area (Å²) in [5, 5.41) is 0. The first-order valence-corrected chi connectivity index (χ1v) is 6.34. The van der Waals surface area contributed by atoms with Gasteiger partial charge in [0.05, 0.1) is 0 Å².